The van der Waals surface area contributed by atoms with Crippen LogP contribution in [0.15, 0.2) is 66.7 Å². The number of H-pyrrole nitrogens is 1. The van der Waals surface area contributed by atoms with E-state index < -0.39 is 24.0 Å². The fourth-order valence-corrected chi connectivity index (χ4v) is 5.41. The van der Waals surface area contributed by atoms with Crippen molar-refractivity contribution in [2.75, 3.05) is 23.3 Å². The molecule has 1 fully saturated rings. The van der Waals surface area contributed by atoms with Crippen molar-refractivity contribution in [1.29, 1.82) is 0 Å². The molecule has 0 spiro atoms. The number of carboxylic acid groups (broad SMARTS) is 2. The van der Waals surface area contributed by atoms with Crippen LogP contribution < -0.4 is 15.5 Å². The lowest BCUT2D eigenvalue weighted by molar-refractivity contribution is -0.192. The summed E-state index contributed by atoms with van der Waals surface area (Å²) in [6, 6.07) is 20.1. The monoisotopic (exact) mass is 597 g/mol. The van der Waals surface area contributed by atoms with Gasteiger partial charge in [-0.15, -0.1) is 0 Å². The van der Waals surface area contributed by atoms with Crippen molar-refractivity contribution < 1.29 is 42.9 Å². The Bertz CT molecular complexity index is 1700. The maximum absolute atomic E-state index is 13.7. The van der Waals surface area contributed by atoms with E-state index in [1.165, 1.54) is 4.90 Å². The third kappa shape index (κ3) is 5.74. The highest BCUT2D eigenvalue weighted by Crippen LogP contribution is 2.46. The molecule has 1 saturated heterocycles. The molecule has 224 valence electrons. The van der Waals surface area contributed by atoms with E-state index in [1.54, 1.807) is 42.5 Å². The molecule has 2 amide bonds. The van der Waals surface area contributed by atoms with Crippen LogP contribution in [0.1, 0.15) is 45.8 Å². The van der Waals surface area contributed by atoms with Crippen molar-refractivity contribution in [3.63, 3.8) is 0 Å². The predicted molar refractivity (Wildman–Crippen MR) is 149 cm³/mol. The van der Waals surface area contributed by atoms with Gasteiger partial charge in [0.25, 0.3) is 5.91 Å². The number of carboxylic acids is 1. The van der Waals surface area contributed by atoms with E-state index in [-0.39, 0.29) is 11.9 Å². The van der Waals surface area contributed by atoms with E-state index in [0.717, 1.165) is 31.5 Å². The number of piperidine rings is 1. The van der Waals surface area contributed by atoms with Crippen LogP contribution in [0.5, 0.6) is 0 Å². The van der Waals surface area contributed by atoms with E-state index in [2.05, 4.69) is 26.7 Å². The van der Waals surface area contributed by atoms with Gasteiger partial charge in [-0.05, 0) is 67.7 Å². The summed E-state index contributed by atoms with van der Waals surface area (Å²) in [5.41, 5.74) is 2.45. The molecule has 0 bridgehead atoms. The molecular weight excluding hydrogens is 571 g/mol. The molecule has 0 aliphatic carbocycles. The minimum absolute atomic E-state index is 0.0797. The number of hydrogen-bond donors (Lipinski definition) is 6. The molecule has 2 aliphatic heterocycles. The van der Waals surface area contributed by atoms with E-state index in [9.17, 15) is 27.9 Å². The molecule has 11 nitrogen and oxygen atoms in total. The van der Waals surface area contributed by atoms with Gasteiger partial charge in [-0.3, -0.25) is 15.0 Å². The van der Waals surface area contributed by atoms with Crippen LogP contribution >= 0.6 is 0 Å². The molecule has 1 unspecified atom stereocenters. The van der Waals surface area contributed by atoms with Crippen LogP contribution in [0.3, 0.4) is 0 Å². The second kappa shape index (κ2) is 11.4. The second-order valence-electron chi connectivity index (χ2n) is 10.0. The molecule has 6 rings (SSSR count). The van der Waals surface area contributed by atoms with Crippen LogP contribution in [-0.2, 0) is 10.5 Å². The summed E-state index contributed by atoms with van der Waals surface area (Å²) in [5, 5.41) is 34.1. The van der Waals surface area contributed by atoms with Crippen molar-refractivity contribution in [3.8, 4) is 0 Å². The minimum Gasteiger partial charge on any atom is -0.475 e. The molecule has 1 aromatic heterocycles. The first-order valence-electron chi connectivity index (χ1n) is 13.2. The van der Waals surface area contributed by atoms with E-state index in [0.29, 0.717) is 39.3 Å². The Morgan fingerprint density at radius 1 is 1.00 bits per heavy atom. The number of carbonyl (C=O) groups excluding carboxylic acids is 1. The average Bonchev–Trinajstić information content (AvgIpc) is 3.48. The number of halogens is 3. The smallest absolute Gasteiger partial charge is 0.475 e. The van der Waals surface area contributed by atoms with E-state index in [1.807, 2.05) is 18.2 Å². The Balaban J connectivity index is 0.000000472. The highest BCUT2D eigenvalue weighted by atomic mass is 19.4. The fourth-order valence-electron chi connectivity index (χ4n) is 5.41. The number of hydrogen-bond acceptors (Lipinski definition) is 6. The summed E-state index contributed by atoms with van der Waals surface area (Å²) in [6.07, 6.45) is -4.28. The Hall–Kier alpha value is -4.95. The third-order valence-corrected chi connectivity index (χ3v) is 7.35. The number of benzene rings is 3. The van der Waals surface area contributed by atoms with Crippen molar-refractivity contribution in [1.82, 2.24) is 15.3 Å². The number of aliphatic carboxylic acids is 1. The van der Waals surface area contributed by atoms with Gasteiger partial charge >= 0.3 is 18.2 Å². The van der Waals surface area contributed by atoms with Crippen molar-refractivity contribution in [2.45, 2.75) is 30.7 Å². The van der Waals surface area contributed by atoms with Gasteiger partial charge in [0, 0.05) is 22.4 Å². The van der Waals surface area contributed by atoms with Gasteiger partial charge in [0.1, 0.15) is 0 Å². The zero-order chi connectivity index (χ0) is 30.9. The molecule has 0 radical (unpaired) electrons. The van der Waals surface area contributed by atoms with Gasteiger partial charge in [0.05, 0.1) is 11.0 Å². The number of aromatic nitrogens is 2. The average molecular weight is 598 g/mol. The Kier molecular flexibility index (Phi) is 7.82. The highest BCUT2D eigenvalue weighted by molar-refractivity contribution is 6.12. The number of alkyl halides is 3. The number of aliphatic hydroxyl groups is 1. The molecule has 0 saturated carbocycles. The quantitative estimate of drug-likeness (QED) is 0.198. The number of fused-ring (bicyclic) bond motifs is 2. The fraction of sp³-hybridized carbons (Fsp3) is 0.241. The molecule has 43 heavy (non-hydrogen) atoms. The van der Waals surface area contributed by atoms with Gasteiger partial charge in [-0.1, -0.05) is 36.4 Å². The summed E-state index contributed by atoms with van der Waals surface area (Å²) in [4.78, 5) is 42.3. The Morgan fingerprint density at radius 3 is 2.37 bits per heavy atom. The summed E-state index contributed by atoms with van der Waals surface area (Å²) in [7, 11) is 0. The van der Waals surface area contributed by atoms with E-state index >= 15 is 0 Å². The highest BCUT2D eigenvalue weighted by Gasteiger charge is 2.50. The number of anilines is 2. The van der Waals surface area contributed by atoms with Crippen molar-refractivity contribution in [2.24, 2.45) is 0 Å². The van der Waals surface area contributed by atoms with Crippen LogP contribution in [-0.4, -0.2) is 62.5 Å². The summed E-state index contributed by atoms with van der Waals surface area (Å²) < 4.78 is 31.7. The zero-order valence-electron chi connectivity index (χ0n) is 22.4. The number of nitrogens with zero attached hydrogens (tertiary/aromatic N) is 2. The van der Waals surface area contributed by atoms with Crippen LogP contribution in [0, 0.1) is 0 Å². The van der Waals surface area contributed by atoms with Gasteiger partial charge in [0.15, 0.2) is 5.72 Å². The van der Waals surface area contributed by atoms with Crippen LogP contribution in [0.25, 0.3) is 11.0 Å². The minimum atomic E-state index is -5.08. The Labute approximate surface area is 242 Å². The van der Waals surface area contributed by atoms with Gasteiger partial charge in [-0.25, -0.2) is 14.6 Å². The van der Waals surface area contributed by atoms with Gasteiger partial charge in [0.2, 0.25) is 5.95 Å². The molecule has 6 N–H and O–H groups in total. The van der Waals surface area contributed by atoms with Gasteiger partial charge in [-0.2, -0.15) is 13.2 Å². The standard InChI is InChI=1S/C27H25N5O4.C2HF3O2/c33-24-20-6-1-2-7-21(20)27(36,18-8-9-22-23(15-18)30-25(29-22)31-26(34)35)32(24)19-5-3-4-17(14-19)16-10-12-28-13-11-16;3-2(4,5)1(6)7/h1-9,14-16,28,36H,10-13H2,(H,34,35)(H2,29,30,31);(H,6,7). The van der Waals surface area contributed by atoms with E-state index in [4.69, 9.17) is 15.0 Å². The molecule has 1 atom stereocenters. The molecule has 2 aliphatic rings. The lowest BCUT2D eigenvalue weighted by atomic mass is 9.89. The topological polar surface area (TPSA) is 168 Å². The third-order valence-electron chi connectivity index (χ3n) is 7.35. The van der Waals surface area contributed by atoms with Crippen molar-refractivity contribution >= 4 is 40.6 Å². The maximum Gasteiger partial charge on any atom is 0.490 e. The second-order valence-corrected chi connectivity index (χ2v) is 10.0. The zero-order valence-corrected chi connectivity index (χ0v) is 22.4. The number of amides is 2. The molecule has 14 heteroatoms. The molecular formula is C29H26F3N5O6. The largest absolute Gasteiger partial charge is 0.490 e. The number of imidazole rings is 1. The molecule has 3 heterocycles. The summed E-state index contributed by atoms with van der Waals surface area (Å²) >= 11 is 0. The summed E-state index contributed by atoms with van der Waals surface area (Å²) in [6.45, 7) is 1.91. The number of rotatable bonds is 4. The van der Waals surface area contributed by atoms with Crippen LogP contribution in [0.4, 0.5) is 29.6 Å². The van der Waals surface area contributed by atoms with Gasteiger partial charge < -0.3 is 25.6 Å². The number of aromatic amines is 1. The van der Waals surface area contributed by atoms with Crippen LogP contribution in [0.2, 0.25) is 0 Å². The number of carbonyl (C=O) groups is 3. The first-order chi connectivity index (χ1) is 20.4. The maximum atomic E-state index is 13.7. The van der Waals surface area contributed by atoms with Crippen molar-refractivity contribution in [3.05, 3.63) is 89.0 Å². The molecule has 4 aromatic rings. The Morgan fingerprint density at radius 2 is 1.70 bits per heavy atom. The first-order valence-corrected chi connectivity index (χ1v) is 13.2. The molecule has 3 aromatic carbocycles. The number of nitrogens with one attached hydrogen (secondary N) is 3. The summed E-state index contributed by atoms with van der Waals surface area (Å²) in [5.74, 6) is -2.57. The SMILES string of the molecule is O=C(O)C(F)(F)F.O=C(O)Nc1nc2ccc(C3(O)c4ccccc4C(=O)N3c3cccc(C4CCNCC4)c3)cc2[nH]1. The first kappa shape index (κ1) is 29.5. The normalized spacial score (nSPS) is 18.6. The lowest BCUT2D eigenvalue weighted by Gasteiger charge is -2.35. The lowest BCUT2D eigenvalue weighted by Crippen LogP contribution is -2.45. The predicted octanol–water partition coefficient (Wildman–Crippen LogP) is 4.61.